The fourth-order valence-corrected chi connectivity index (χ4v) is 2.53. The molecule has 4 nitrogen and oxygen atoms in total. The van der Waals surface area contributed by atoms with Gasteiger partial charge in [0, 0.05) is 13.6 Å². The van der Waals surface area contributed by atoms with E-state index in [9.17, 15) is 15.0 Å². The lowest BCUT2D eigenvalue weighted by Gasteiger charge is -2.32. The van der Waals surface area contributed by atoms with Gasteiger partial charge >= 0.3 is 0 Å². The molecule has 1 amide bonds. The van der Waals surface area contributed by atoms with E-state index in [1.165, 1.54) is 4.90 Å². The summed E-state index contributed by atoms with van der Waals surface area (Å²) in [7, 11) is 1.64. The molecule has 0 aromatic heterocycles. The van der Waals surface area contributed by atoms with E-state index >= 15 is 0 Å². The van der Waals surface area contributed by atoms with E-state index in [1.807, 2.05) is 12.1 Å². The van der Waals surface area contributed by atoms with Gasteiger partial charge < -0.3 is 15.1 Å². The lowest BCUT2D eigenvalue weighted by atomic mass is 9.85. The van der Waals surface area contributed by atoms with Crippen molar-refractivity contribution in [2.24, 2.45) is 0 Å². The molecule has 23 heavy (non-hydrogen) atoms. The van der Waals surface area contributed by atoms with E-state index in [0.717, 1.165) is 0 Å². The summed E-state index contributed by atoms with van der Waals surface area (Å²) in [4.78, 5) is 14.4. The Labute approximate surface area is 137 Å². The van der Waals surface area contributed by atoms with Crippen molar-refractivity contribution in [1.82, 2.24) is 4.90 Å². The largest absolute Gasteiger partial charge is 0.393 e. The predicted molar refractivity (Wildman–Crippen MR) is 89.8 cm³/mol. The summed E-state index contributed by atoms with van der Waals surface area (Å²) in [6.07, 6.45) is -0.0335. The molecule has 0 heterocycles. The van der Waals surface area contributed by atoms with Crippen molar-refractivity contribution in [2.75, 3.05) is 13.6 Å². The molecule has 2 aromatic carbocycles. The number of aliphatic hydroxyl groups excluding tert-OH is 1. The van der Waals surface area contributed by atoms with Crippen LogP contribution in [0.4, 0.5) is 0 Å². The van der Waals surface area contributed by atoms with Gasteiger partial charge in [0.1, 0.15) is 0 Å². The fraction of sp³-hybridized carbons (Fsp3) is 0.316. The van der Waals surface area contributed by atoms with Crippen molar-refractivity contribution in [3.63, 3.8) is 0 Å². The molecular weight excluding hydrogens is 290 g/mol. The molecule has 1 atom stereocenters. The van der Waals surface area contributed by atoms with Crippen molar-refractivity contribution >= 4 is 5.91 Å². The molecule has 0 aliphatic rings. The third-order valence-corrected chi connectivity index (χ3v) is 3.92. The van der Waals surface area contributed by atoms with Gasteiger partial charge in [0.2, 0.25) is 0 Å². The maximum Gasteiger partial charge on any atom is 0.263 e. The topological polar surface area (TPSA) is 60.8 Å². The van der Waals surface area contributed by atoms with Gasteiger partial charge in [-0.15, -0.1) is 0 Å². The Morgan fingerprint density at radius 1 is 1.04 bits per heavy atom. The van der Waals surface area contributed by atoms with Crippen molar-refractivity contribution in [2.45, 2.75) is 25.0 Å². The minimum atomic E-state index is -1.74. The van der Waals surface area contributed by atoms with Crippen LogP contribution in [-0.2, 0) is 10.4 Å². The van der Waals surface area contributed by atoms with Gasteiger partial charge in [-0.2, -0.15) is 0 Å². The number of likely N-dealkylation sites (N-methyl/N-ethyl adjacent to an activating group) is 1. The van der Waals surface area contributed by atoms with Crippen LogP contribution in [0.25, 0.3) is 0 Å². The molecule has 122 valence electrons. The quantitative estimate of drug-likeness (QED) is 0.859. The summed E-state index contributed by atoms with van der Waals surface area (Å²) in [5, 5.41) is 20.7. The zero-order valence-corrected chi connectivity index (χ0v) is 13.5. The molecule has 0 saturated carbocycles. The Balaban J connectivity index is 2.40. The first-order valence-corrected chi connectivity index (χ1v) is 7.73. The van der Waals surface area contributed by atoms with Crippen LogP contribution in [0, 0.1) is 0 Å². The zero-order valence-electron chi connectivity index (χ0n) is 13.5. The van der Waals surface area contributed by atoms with Crippen LogP contribution in [0.1, 0.15) is 24.5 Å². The second-order valence-corrected chi connectivity index (χ2v) is 5.81. The van der Waals surface area contributed by atoms with E-state index in [4.69, 9.17) is 0 Å². The number of hydrogen-bond donors (Lipinski definition) is 2. The van der Waals surface area contributed by atoms with Gasteiger partial charge in [0.05, 0.1) is 6.10 Å². The Kier molecular flexibility index (Phi) is 5.53. The average molecular weight is 313 g/mol. The predicted octanol–water partition coefficient (Wildman–Crippen LogP) is 2.15. The highest BCUT2D eigenvalue weighted by Gasteiger charge is 2.41. The average Bonchev–Trinajstić information content (AvgIpc) is 2.59. The lowest BCUT2D eigenvalue weighted by molar-refractivity contribution is -0.147. The smallest absolute Gasteiger partial charge is 0.263 e. The van der Waals surface area contributed by atoms with Crippen LogP contribution < -0.4 is 0 Å². The Morgan fingerprint density at radius 2 is 1.48 bits per heavy atom. The van der Waals surface area contributed by atoms with Crippen molar-refractivity contribution in [3.8, 4) is 0 Å². The number of nitrogens with zero attached hydrogens (tertiary/aromatic N) is 1. The first kappa shape index (κ1) is 17.2. The molecule has 2 aromatic rings. The highest BCUT2D eigenvalue weighted by Crippen LogP contribution is 2.31. The van der Waals surface area contributed by atoms with Gasteiger partial charge in [0.25, 0.3) is 5.91 Å². The van der Waals surface area contributed by atoms with E-state index in [-0.39, 0.29) is 0 Å². The summed E-state index contributed by atoms with van der Waals surface area (Å²) in [6, 6.07) is 17.9. The second kappa shape index (κ2) is 7.40. The molecule has 0 aliphatic carbocycles. The first-order chi connectivity index (χ1) is 11.0. The van der Waals surface area contributed by atoms with Gasteiger partial charge in [0.15, 0.2) is 5.60 Å². The Hall–Kier alpha value is -2.17. The van der Waals surface area contributed by atoms with Crippen LogP contribution in [0.15, 0.2) is 60.7 Å². The molecule has 0 bridgehead atoms. The summed E-state index contributed by atoms with van der Waals surface area (Å²) in [5.41, 5.74) is -0.684. The van der Waals surface area contributed by atoms with Gasteiger partial charge in [-0.25, -0.2) is 0 Å². The standard InChI is InChI=1S/C19H23NO3/c1-15(21)13-14-20(2)18(22)19(23,16-9-5-3-6-10-16)17-11-7-4-8-12-17/h3-12,15,21,23H,13-14H2,1-2H3. The van der Waals surface area contributed by atoms with Gasteiger partial charge in [-0.1, -0.05) is 60.7 Å². The Bertz CT molecular complexity index is 586. The van der Waals surface area contributed by atoms with E-state index < -0.39 is 17.6 Å². The lowest BCUT2D eigenvalue weighted by Crippen LogP contribution is -2.46. The summed E-state index contributed by atoms with van der Waals surface area (Å²) in [5.74, 6) is -0.407. The van der Waals surface area contributed by atoms with Crippen LogP contribution in [0.3, 0.4) is 0 Å². The highest BCUT2D eigenvalue weighted by molar-refractivity contribution is 5.90. The van der Waals surface area contributed by atoms with Crippen LogP contribution in [-0.4, -0.2) is 40.7 Å². The van der Waals surface area contributed by atoms with Crippen LogP contribution in [0.2, 0.25) is 0 Å². The molecule has 1 unspecified atom stereocenters. The first-order valence-electron chi connectivity index (χ1n) is 7.73. The van der Waals surface area contributed by atoms with E-state index in [0.29, 0.717) is 24.1 Å². The molecular formula is C19H23NO3. The zero-order chi connectivity index (χ0) is 16.9. The third kappa shape index (κ3) is 3.78. The number of amides is 1. The van der Waals surface area contributed by atoms with E-state index in [2.05, 4.69) is 0 Å². The van der Waals surface area contributed by atoms with E-state index in [1.54, 1.807) is 62.5 Å². The molecule has 0 fully saturated rings. The molecule has 0 radical (unpaired) electrons. The maximum atomic E-state index is 13.0. The van der Waals surface area contributed by atoms with Crippen LogP contribution in [0.5, 0.6) is 0 Å². The highest BCUT2D eigenvalue weighted by atomic mass is 16.3. The minimum absolute atomic E-state index is 0.373. The monoisotopic (exact) mass is 313 g/mol. The SMILES string of the molecule is CC(O)CCN(C)C(=O)C(O)(c1ccccc1)c1ccccc1. The number of carbonyl (C=O) groups is 1. The minimum Gasteiger partial charge on any atom is -0.393 e. The van der Waals surface area contributed by atoms with Crippen molar-refractivity contribution < 1.29 is 15.0 Å². The molecule has 0 saturated heterocycles. The number of carbonyl (C=O) groups excluding carboxylic acids is 1. The summed E-state index contributed by atoms with van der Waals surface area (Å²) in [6.45, 7) is 2.05. The molecule has 2 rings (SSSR count). The molecule has 2 N–H and O–H groups in total. The van der Waals surface area contributed by atoms with Crippen LogP contribution >= 0.6 is 0 Å². The second-order valence-electron chi connectivity index (χ2n) is 5.81. The number of hydrogen-bond acceptors (Lipinski definition) is 3. The van der Waals surface area contributed by atoms with Crippen molar-refractivity contribution in [1.29, 1.82) is 0 Å². The molecule has 0 spiro atoms. The molecule has 4 heteroatoms. The maximum absolute atomic E-state index is 13.0. The summed E-state index contributed by atoms with van der Waals surface area (Å²) < 4.78 is 0. The third-order valence-electron chi connectivity index (χ3n) is 3.92. The molecule has 0 aliphatic heterocycles. The fourth-order valence-electron chi connectivity index (χ4n) is 2.53. The summed E-state index contributed by atoms with van der Waals surface area (Å²) >= 11 is 0. The van der Waals surface area contributed by atoms with Gasteiger partial charge in [-0.3, -0.25) is 4.79 Å². The Morgan fingerprint density at radius 3 is 1.87 bits per heavy atom. The normalized spacial score (nSPS) is 12.7. The van der Waals surface area contributed by atoms with Gasteiger partial charge in [-0.05, 0) is 24.5 Å². The number of rotatable bonds is 6. The number of aliphatic hydroxyl groups is 2. The number of benzene rings is 2. The van der Waals surface area contributed by atoms with Crippen molar-refractivity contribution in [3.05, 3.63) is 71.8 Å².